The summed E-state index contributed by atoms with van der Waals surface area (Å²) in [5.41, 5.74) is 7.40. The third-order valence-electron chi connectivity index (χ3n) is 4.54. The van der Waals surface area contributed by atoms with Crippen LogP contribution in [0.2, 0.25) is 0 Å². The van der Waals surface area contributed by atoms with Gasteiger partial charge in [0.05, 0.1) is 18.5 Å². The van der Waals surface area contributed by atoms with E-state index in [1.807, 2.05) is 0 Å². The molecule has 0 bridgehead atoms. The number of thiazole rings is 1. The number of aromatic nitrogens is 1. The van der Waals surface area contributed by atoms with Gasteiger partial charge < -0.3 is 15.3 Å². The van der Waals surface area contributed by atoms with Crippen LogP contribution in [0.1, 0.15) is 34.5 Å². The first-order valence-electron chi connectivity index (χ1n) is 8.96. The van der Waals surface area contributed by atoms with Gasteiger partial charge in [0.15, 0.2) is 0 Å². The molecule has 0 aliphatic carbocycles. The standard InChI is InChI=1S/C19H23N3O4S/c20-19(24)15-1-3-16(4-2-15)25-10-7-14-5-8-22(9-6-14)26-18(23)11-17-12-21-13-27-17/h1-4,12-14H,5-11H2,(H2,20,24). The van der Waals surface area contributed by atoms with Crippen LogP contribution >= 0.6 is 11.3 Å². The van der Waals surface area contributed by atoms with E-state index < -0.39 is 5.91 Å². The largest absolute Gasteiger partial charge is 0.494 e. The van der Waals surface area contributed by atoms with E-state index in [2.05, 4.69) is 4.98 Å². The van der Waals surface area contributed by atoms with Crippen molar-refractivity contribution in [3.8, 4) is 5.75 Å². The minimum Gasteiger partial charge on any atom is -0.494 e. The van der Waals surface area contributed by atoms with Crippen LogP contribution in [0, 0.1) is 5.92 Å². The number of piperidine rings is 1. The SMILES string of the molecule is NC(=O)c1ccc(OCCC2CCN(OC(=O)Cc3cncs3)CC2)cc1. The second-order valence-corrected chi connectivity index (χ2v) is 7.48. The maximum atomic E-state index is 11.9. The molecule has 27 heavy (non-hydrogen) atoms. The van der Waals surface area contributed by atoms with E-state index in [-0.39, 0.29) is 12.4 Å². The Morgan fingerprint density at radius 2 is 1.96 bits per heavy atom. The Hall–Kier alpha value is -2.45. The summed E-state index contributed by atoms with van der Waals surface area (Å²) < 4.78 is 5.74. The van der Waals surface area contributed by atoms with Crippen molar-refractivity contribution >= 4 is 23.2 Å². The molecule has 1 amide bonds. The van der Waals surface area contributed by atoms with Gasteiger partial charge in [0.2, 0.25) is 5.91 Å². The molecule has 2 aromatic rings. The first kappa shape index (κ1) is 19.3. The Kier molecular flexibility index (Phi) is 6.78. The number of hydrogen-bond donors (Lipinski definition) is 1. The Bertz CT molecular complexity index is 741. The minimum absolute atomic E-state index is 0.236. The van der Waals surface area contributed by atoms with E-state index in [1.165, 1.54) is 11.3 Å². The summed E-state index contributed by atoms with van der Waals surface area (Å²) >= 11 is 1.46. The summed E-state index contributed by atoms with van der Waals surface area (Å²) in [4.78, 5) is 33.3. The number of benzene rings is 1. The first-order valence-corrected chi connectivity index (χ1v) is 9.84. The lowest BCUT2D eigenvalue weighted by molar-refractivity contribution is -0.195. The molecule has 1 fully saturated rings. The summed E-state index contributed by atoms with van der Waals surface area (Å²) in [5.74, 6) is 0.599. The molecule has 7 nitrogen and oxygen atoms in total. The Morgan fingerprint density at radius 1 is 1.22 bits per heavy atom. The summed E-state index contributed by atoms with van der Waals surface area (Å²) in [6.07, 6.45) is 4.85. The zero-order valence-electron chi connectivity index (χ0n) is 15.0. The second kappa shape index (κ2) is 9.48. The van der Waals surface area contributed by atoms with Gasteiger partial charge in [-0.1, -0.05) is 0 Å². The van der Waals surface area contributed by atoms with Crippen molar-refractivity contribution < 1.29 is 19.2 Å². The smallest absolute Gasteiger partial charge is 0.330 e. The molecule has 1 saturated heterocycles. The Labute approximate surface area is 162 Å². The highest BCUT2D eigenvalue weighted by molar-refractivity contribution is 7.09. The minimum atomic E-state index is -0.443. The van der Waals surface area contributed by atoms with Crippen LogP contribution in [-0.4, -0.2) is 41.6 Å². The lowest BCUT2D eigenvalue weighted by atomic mass is 9.95. The van der Waals surface area contributed by atoms with Crippen molar-refractivity contribution in [2.75, 3.05) is 19.7 Å². The average molecular weight is 389 g/mol. The number of carbonyl (C=O) groups excluding carboxylic acids is 2. The molecule has 8 heteroatoms. The third kappa shape index (κ3) is 6.04. The normalized spacial score (nSPS) is 15.4. The van der Waals surface area contributed by atoms with Crippen LogP contribution < -0.4 is 10.5 Å². The molecule has 0 unspecified atom stereocenters. The maximum Gasteiger partial charge on any atom is 0.330 e. The van der Waals surface area contributed by atoms with Crippen molar-refractivity contribution in [3.05, 3.63) is 46.4 Å². The van der Waals surface area contributed by atoms with Gasteiger partial charge in [-0.25, -0.2) is 4.79 Å². The van der Waals surface area contributed by atoms with Gasteiger partial charge in [-0.05, 0) is 49.4 Å². The summed E-state index contributed by atoms with van der Waals surface area (Å²) in [6.45, 7) is 2.10. The monoisotopic (exact) mass is 389 g/mol. The maximum absolute atomic E-state index is 11.9. The molecule has 0 saturated carbocycles. The van der Waals surface area contributed by atoms with Crippen LogP contribution in [0.15, 0.2) is 36.0 Å². The van der Waals surface area contributed by atoms with Gasteiger partial charge in [0.25, 0.3) is 0 Å². The number of hydroxylamine groups is 2. The van der Waals surface area contributed by atoms with E-state index >= 15 is 0 Å². The van der Waals surface area contributed by atoms with Crippen LogP contribution in [0.4, 0.5) is 0 Å². The van der Waals surface area contributed by atoms with Gasteiger partial charge in [-0.2, -0.15) is 0 Å². The molecule has 1 aliphatic rings. The van der Waals surface area contributed by atoms with Gasteiger partial charge in [-0.3, -0.25) is 9.78 Å². The summed E-state index contributed by atoms with van der Waals surface area (Å²) in [5, 5.41) is 1.75. The van der Waals surface area contributed by atoms with Crippen LogP contribution in [0.5, 0.6) is 5.75 Å². The predicted octanol–water partition coefficient (Wildman–Crippen LogP) is 2.42. The predicted molar refractivity (Wildman–Crippen MR) is 101 cm³/mol. The molecule has 0 spiro atoms. The molecule has 3 rings (SSSR count). The number of rotatable bonds is 8. The zero-order chi connectivity index (χ0) is 19.1. The Balaban J connectivity index is 1.32. The quantitative estimate of drug-likeness (QED) is 0.745. The van der Waals surface area contributed by atoms with Crippen molar-refractivity contribution in [2.45, 2.75) is 25.7 Å². The number of hydrogen-bond acceptors (Lipinski definition) is 7. The van der Waals surface area contributed by atoms with E-state index in [1.54, 1.807) is 41.0 Å². The van der Waals surface area contributed by atoms with Gasteiger partial charge in [0, 0.05) is 29.7 Å². The fourth-order valence-corrected chi connectivity index (χ4v) is 3.58. The number of carbonyl (C=O) groups is 2. The van der Waals surface area contributed by atoms with Gasteiger partial charge >= 0.3 is 5.97 Å². The fourth-order valence-electron chi connectivity index (χ4n) is 3.00. The van der Waals surface area contributed by atoms with Gasteiger partial charge in [-0.15, -0.1) is 16.4 Å². The molecule has 0 atom stereocenters. The summed E-state index contributed by atoms with van der Waals surface area (Å²) in [7, 11) is 0. The molecule has 2 heterocycles. The molecule has 1 aromatic carbocycles. The van der Waals surface area contributed by atoms with Crippen LogP contribution in [0.3, 0.4) is 0 Å². The number of primary amides is 1. The van der Waals surface area contributed by atoms with Crippen molar-refractivity contribution in [1.29, 1.82) is 0 Å². The van der Waals surface area contributed by atoms with Gasteiger partial charge in [0.1, 0.15) is 5.75 Å². The second-order valence-electron chi connectivity index (χ2n) is 6.51. The van der Waals surface area contributed by atoms with E-state index in [4.69, 9.17) is 15.3 Å². The fraction of sp³-hybridized carbons (Fsp3) is 0.421. The van der Waals surface area contributed by atoms with Crippen LogP contribution in [0.25, 0.3) is 0 Å². The van der Waals surface area contributed by atoms with E-state index in [0.717, 1.165) is 43.0 Å². The van der Waals surface area contributed by atoms with Crippen molar-refractivity contribution in [2.24, 2.45) is 11.7 Å². The Morgan fingerprint density at radius 3 is 2.59 bits per heavy atom. The highest BCUT2D eigenvalue weighted by Crippen LogP contribution is 2.22. The molecule has 1 aliphatic heterocycles. The third-order valence-corrected chi connectivity index (χ3v) is 5.32. The van der Waals surface area contributed by atoms with Crippen molar-refractivity contribution in [1.82, 2.24) is 10.0 Å². The number of amides is 1. The van der Waals surface area contributed by atoms with E-state index in [0.29, 0.717) is 18.1 Å². The van der Waals surface area contributed by atoms with E-state index in [9.17, 15) is 9.59 Å². The molecule has 2 N–H and O–H groups in total. The topological polar surface area (TPSA) is 94.8 Å². The molecular weight excluding hydrogens is 366 g/mol. The first-order chi connectivity index (χ1) is 13.1. The molecular formula is C19H23N3O4S. The number of ether oxygens (including phenoxy) is 1. The number of nitrogens with two attached hydrogens (primary N) is 1. The average Bonchev–Trinajstić information content (AvgIpc) is 3.16. The van der Waals surface area contributed by atoms with Crippen molar-refractivity contribution in [3.63, 3.8) is 0 Å². The molecule has 0 radical (unpaired) electrons. The lowest BCUT2D eigenvalue weighted by Gasteiger charge is -2.30. The summed E-state index contributed by atoms with van der Waals surface area (Å²) in [6, 6.07) is 6.84. The highest BCUT2D eigenvalue weighted by Gasteiger charge is 2.22. The highest BCUT2D eigenvalue weighted by atomic mass is 32.1. The molecule has 1 aromatic heterocycles. The molecule has 144 valence electrons. The number of nitrogens with zero attached hydrogens (tertiary/aromatic N) is 2. The lowest BCUT2D eigenvalue weighted by Crippen LogP contribution is -2.36. The zero-order valence-corrected chi connectivity index (χ0v) is 15.8. The van der Waals surface area contributed by atoms with Crippen LogP contribution in [-0.2, 0) is 16.1 Å².